The van der Waals surface area contributed by atoms with Gasteiger partial charge in [0.05, 0.1) is 12.7 Å². The Labute approximate surface area is 147 Å². The molecule has 132 valence electrons. The number of amides is 1. The van der Waals surface area contributed by atoms with Crippen LogP contribution in [0.5, 0.6) is 0 Å². The molecule has 1 amide bonds. The van der Waals surface area contributed by atoms with Gasteiger partial charge < -0.3 is 10.1 Å². The molecule has 0 fully saturated rings. The summed E-state index contributed by atoms with van der Waals surface area (Å²) in [6, 6.07) is 13.3. The number of hydrogen-bond acceptors (Lipinski definition) is 3. The highest BCUT2D eigenvalue weighted by Gasteiger charge is 2.26. The second-order valence-corrected chi connectivity index (χ2v) is 6.19. The molecule has 2 rings (SSSR count). The topological polar surface area (TPSA) is 55.4 Å². The molecule has 0 aliphatic carbocycles. The van der Waals surface area contributed by atoms with E-state index < -0.39 is 23.7 Å². The van der Waals surface area contributed by atoms with Crippen molar-refractivity contribution in [3.05, 3.63) is 71.0 Å². The van der Waals surface area contributed by atoms with Crippen LogP contribution in [0.3, 0.4) is 0 Å². The molecule has 25 heavy (non-hydrogen) atoms. The molecule has 1 unspecified atom stereocenters. The van der Waals surface area contributed by atoms with Crippen molar-refractivity contribution in [2.75, 3.05) is 7.11 Å². The molecule has 0 saturated heterocycles. The number of carbonyl (C=O) groups excluding carboxylic acids is 2. The third-order valence-electron chi connectivity index (χ3n) is 3.93. The van der Waals surface area contributed by atoms with Gasteiger partial charge in [0.2, 0.25) is 0 Å². The third kappa shape index (κ3) is 4.89. The van der Waals surface area contributed by atoms with Crippen molar-refractivity contribution in [2.45, 2.75) is 26.3 Å². The lowest BCUT2D eigenvalue weighted by atomic mass is 10.0. The van der Waals surface area contributed by atoms with E-state index in [1.54, 1.807) is 19.9 Å². The highest BCUT2D eigenvalue weighted by atomic mass is 19.1. The van der Waals surface area contributed by atoms with Crippen LogP contribution >= 0.6 is 0 Å². The first-order valence-electron chi connectivity index (χ1n) is 8.13. The summed E-state index contributed by atoms with van der Waals surface area (Å²) in [6.07, 6.45) is 0.589. The zero-order valence-electron chi connectivity index (χ0n) is 14.6. The molecule has 0 aliphatic rings. The number of methoxy groups -OCH3 is 1. The zero-order chi connectivity index (χ0) is 18.4. The standard InChI is InChI=1S/C20H22FNO3/c1-13(2)18(20(24)25-3)22-19(23)16-12-15(9-10-17(16)21)11-14-7-5-4-6-8-14/h4-10,12-13,18H,11H2,1-3H3,(H,22,23). The lowest BCUT2D eigenvalue weighted by molar-refractivity contribution is -0.144. The fourth-order valence-corrected chi connectivity index (χ4v) is 2.53. The van der Waals surface area contributed by atoms with Crippen LogP contribution in [0.25, 0.3) is 0 Å². The maximum absolute atomic E-state index is 14.1. The van der Waals surface area contributed by atoms with E-state index >= 15 is 0 Å². The van der Waals surface area contributed by atoms with Crippen LogP contribution in [0.4, 0.5) is 4.39 Å². The van der Waals surface area contributed by atoms with E-state index in [0.29, 0.717) is 6.42 Å². The molecule has 0 aromatic heterocycles. The summed E-state index contributed by atoms with van der Waals surface area (Å²) in [5.74, 6) is -1.98. The molecule has 0 aliphatic heterocycles. The predicted octanol–water partition coefficient (Wildman–Crippen LogP) is 3.34. The molecule has 0 radical (unpaired) electrons. The zero-order valence-corrected chi connectivity index (χ0v) is 14.6. The summed E-state index contributed by atoms with van der Waals surface area (Å²) >= 11 is 0. The average molecular weight is 343 g/mol. The van der Waals surface area contributed by atoms with Crippen molar-refractivity contribution in [3.63, 3.8) is 0 Å². The molecule has 1 N–H and O–H groups in total. The average Bonchev–Trinajstić information content (AvgIpc) is 2.61. The quantitative estimate of drug-likeness (QED) is 0.819. The highest BCUT2D eigenvalue weighted by molar-refractivity contribution is 5.97. The number of benzene rings is 2. The number of nitrogens with one attached hydrogen (secondary N) is 1. The number of esters is 1. The van der Waals surface area contributed by atoms with Gasteiger partial charge in [0.25, 0.3) is 5.91 Å². The normalized spacial score (nSPS) is 11.9. The van der Waals surface area contributed by atoms with E-state index in [-0.39, 0.29) is 11.5 Å². The Kier molecular flexibility index (Phi) is 6.28. The van der Waals surface area contributed by atoms with Crippen molar-refractivity contribution in [1.82, 2.24) is 5.32 Å². The van der Waals surface area contributed by atoms with Crippen molar-refractivity contribution in [1.29, 1.82) is 0 Å². The van der Waals surface area contributed by atoms with Crippen molar-refractivity contribution >= 4 is 11.9 Å². The minimum Gasteiger partial charge on any atom is -0.467 e. The fourth-order valence-electron chi connectivity index (χ4n) is 2.53. The number of hydrogen-bond donors (Lipinski definition) is 1. The van der Waals surface area contributed by atoms with Crippen LogP contribution in [0.15, 0.2) is 48.5 Å². The van der Waals surface area contributed by atoms with Gasteiger partial charge in [-0.15, -0.1) is 0 Å². The lowest BCUT2D eigenvalue weighted by Crippen LogP contribution is -2.45. The van der Waals surface area contributed by atoms with Crippen molar-refractivity contribution in [2.24, 2.45) is 5.92 Å². The highest BCUT2D eigenvalue weighted by Crippen LogP contribution is 2.15. The molecule has 0 heterocycles. The van der Waals surface area contributed by atoms with Gasteiger partial charge in [-0.25, -0.2) is 9.18 Å². The molecule has 0 saturated carbocycles. The molecule has 1 atom stereocenters. The number of ether oxygens (including phenoxy) is 1. The van der Waals surface area contributed by atoms with Crippen molar-refractivity contribution < 1.29 is 18.7 Å². The first-order chi connectivity index (χ1) is 11.9. The Hall–Kier alpha value is -2.69. The molecular formula is C20H22FNO3. The van der Waals surface area contributed by atoms with E-state index in [4.69, 9.17) is 4.74 Å². The van der Waals surface area contributed by atoms with Gasteiger partial charge in [-0.3, -0.25) is 4.79 Å². The summed E-state index contributed by atoms with van der Waals surface area (Å²) in [7, 11) is 1.25. The van der Waals surface area contributed by atoms with Crippen LogP contribution in [0.1, 0.15) is 35.3 Å². The van der Waals surface area contributed by atoms with Gasteiger partial charge in [-0.2, -0.15) is 0 Å². The molecule has 4 nitrogen and oxygen atoms in total. The Balaban J connectivity index is 2.21. The SMILES string of the molecule is COC(=O)C(NC(=O)c1cc(Cc2ccccc2)ccc1F)C(C)C. The van der Waals surface area contributed by atoms with Crippen LogP contribution in [-0.4, -0.2) is 25.0 Å². The predicted molar refractivity (Wildman–Crippen MR) is 93.8 cm³/mol. The summed E-state index contributed by atoms with van der Waals surface area (Å²) in [6.45, 7) is 3.56. The maximum Gasteiger partial charge on any atom is 0.328 e. The Morgan fingerprint density at radius 3 is 2.36 bits per heavy atom. The molecule has 2 aromatic carbocycles. The molecular weight excluding hydrogens is 321 g/mol. The molecule has 5 heteroatoms. The second-order valence-electron chi connectivity index (χ2n) is 6.19. The summed E-state index contributed by atoms with van der Waals surface area (Å²) in [4.78, 5) is 24.2. The Bertz CT molecular complexity index is 744. The van der Waals surface area contributed by atoms with Gasteiger partial charge >= 0.3 is 5.97 Å². The van der Waals surface area contributed by atoms with E-state index in [1.807, 2.05) is 30.3 Å². The number of halogens is 1. The molecule has 0 spiro atoms. The van der Waals surface area contributed by atoms with E-state index in [0.717, 1.165) is 11.1 Å². The maximum atomic E-state index is 14.1. The van der Waals surface area contributed by atoms with Crippen LogP contribution in [0, 0.1) is 11.7 Å². The minimum absolute atomic E-state index is 0.0806. The monoisotopic (exact) mass is 343 g/mol. The van der Waals surface area contributed by atoms with E-state index in [2.05, 4.69) is 5.32 Å². The minimum atomic E-state index is -0.824. The van der Waals surface area contributed by atoms with E-state index in [1.165, 1.54) is 19.2 Å². The van der Waals surface area contributed by atoms with Crippen LogP contribution in [-0.2, 0) is 16.0 Å². The Morgan fingerprint density at radius 2 is 1.76 bits per heavy atom. The first kappa shape index (κ1) is 18.6. The summed E-state index contributed by atoms with van der Waals surface area (Å²) in [5.41, 5.74) is 1.80. The van der Waals surface area contributed by atoms with E-state index in [9.17, 15) is 14.0 Å². The second kappa shape index (κ2) is 8.42. The molecule has 2 aromatic rings. The van der Waals surface area contributed by atoms with Gasteiger partial charge in [0.1, 0.15) is 11.9 Å². The van der Waals surface area contributed by atoms with Gasteiger partial charge in [0.15, 0.2) is 0 Å². The number of rotatable bonds is 6. The first-order valence-corrected chi connectivity index (χ1v) is 8.13. The Morgan fingerprint density at radius 1 is 1.08 bits per heavy atom. The van der Waals surface area contributed by atoms with Gasteiger partial charge in [0, 0.05) is 0 Å². The van der Waals surface area contributed by atoms with Gasteiger partial charge in [-0.1, -0.05) is 50.2 Å². The fraction of sp³-hybridized carbons (Fsp3) is 0.300. The smallest absolute Gasteiger partial charge is 0.328 e. The summed E-state index contributed by atoms with van der Waals surface area (Å²) in [5, 5.41) is 2.56. The third-order valence-corrected chi connectivity index (χ3v) is 3.93. The number of carbonyl (C=O) groups is 2. The largest absolute Gasteiger partial charge is 0.467 e. The van der Waals surface area contributed by atoms with Crippen LogP contribution in [0.2, 0.25) is 0 Å². The van der Waals surface area contributed by atoms with Crippen LogP contribution < -0.4 is 5.32 Å². The van der Waals surface area contributed by atoms with Crippen molar-refractivity contribution in [3.8, 4) is 0 Å². The lowest BCUT2D eigenvalue weighted by Gasteiger charge is -2.20. The molecule has 0 bridgehead atoms. The van der Waals surface area contributed by atoms with Gasteiger partial charge in [-0.05, 0) is 35.6 Å². The summed E-state index contributed by atoms with van der Waals surface area (Å²) < 4.78 is 18.8.